The first kappa shape index (κ1) is 15.1. The average Bonchev–Trinajstić information content (AvgIpc) is 2.99. The van der Waals surface area contributed by atoms with Crippen molar-refractivity contribution in [1.29, 1.82) is 0 Å². The number of nitrogens with two attached hydrogens (primary N) is 1. The van der Waals surface area contributed by atoms with E-state index in [0.29, 0.717) is 0 Å². The van der Waals surface area contributed by atoms with E-state index in [1.807, 2.05) is 12.1 Å². The fourth-order valence-electron chi connectivity index (χ4n) is 2.07. The largest absolute Gasteiger partial charge is 0.494 e. The molecule has 20 heavy (non-hydrogen) atoms. The SMILES string of the molecule is CCCCOc1ccc(C(N)CCc2ccsc2)cc1. The zero-order valence-corrected chi connectivity index (χ0v) is 12.9. The molecule has 0 aliphatic rings. The van der Waals surface area contributed by atoms with Crippen LogP contribution >= 0.6 is 11.3 Å². The van der Waals surface area contributed by atoms with Gasteiger partial charge >= 0.3 is 0 Å². The number of ether oxygens (including phenoxy) is 1. The van der Waals surface area contributed by atoms with E-state index in [0.717, 1.165) is 38.0 Å². The van der Waals surface area contributed by atoms with Crippen molar-refractivity contribution in [3.63, 3.8) is 0 Å². The van der Waals surface area contributed by atoms with Crippen LogP contribution < -0.4 is 10.5 Å². The summed E-state index contributed by atoms with van der Waals surface area (Å²) in [5.74, 6) is 0.937. The van der Waals surface area contributed by atoms with Crippen LogP contribution in [0.25, 0.3) is 0 Å². The zero-order valence-electron chi connectivity index (χ0n) is 12.0. The second-order valence-corrected chi connectivity index (χ2v) is 5.83. The van der Waals surface area contributed by atoms with Crippen LogP contribution in [0.4, 0.5) is 0 Å². The molecule has 1 aromatic heterocycles. The van der Waals surface area contributed by atoms with Gasteiger partial charge in [0.2, 0.25) is 0 Å². The van der Waals surface area contributed by atoms with Gasteiger partial charge in [0.05, 0.1) is 6.61 Å². The third-order valence-corrected chi connectivity index (χ3v) is 4.13. The lowest BCUT2D eigenvalue weighted by Gasteiger charge is -2.12. The highest BCUT2D eigenvalue weighted by molar-refractivity contribution is 7.07. The summed E-state index contributed by atoms with van der Waals surface area (Å²) in [5.41, 5.74) is 8.81. The Bertz CT molecular complexity index is 478. The molecular weight excluding hydrogens is 266 g/mol. The highest BCUT2D eigenvalue weighted by Gasteiger charge is 2.06. The van der Waals surface area contributed by atoms with Crippen LogP contribution in [0.3, 0.4) is 0 Å². The van der Waals surface area contributed by atoms with Crippen molar-refractivity contribution in [2.75, 3.05) is 6.61 Å². The van der Waals surface area contributed by atoms with Gasteiger partial charge in [-0.05, 0) is 59.3 Å². The maximum atomic E-state index is 6.25. The molecule has 1 aromatic carbocycles. The summed E-state index contributed by atoms with van der Waals surface area (Å²) >= 11 is 1.74. The topological polar surface area (TPSA) is 35.2 Å². The predicted molar refractivity (Wildman–Crippen MR) is 86.4 cm³/mol. The fourth-order valence-corrected chi connectivity index (χ4v) is 2.77. The van der Waals surface area contributed by atoms with Crippen LogP contribution in [0.5, 0.6) is 5.75 Å². The van der Waals surface area contributed by atoms with Gasteiger partial charge in [0.25, 0.3) is 0 Å². The van der Waals surface area contributed by atoms with Crippen molar-refractivity contribution in [2.24, 2.45) is 5.73 Å². The van der Waals surface area contributed by atoms with Crippen LogP contribution in [-0.4, -0.2) is 6.61 Å². The molecule has 0 saturated heterocycles. The summed E-state index contributed by atoms with van der Waals surface area (Å²) in [6, 6.07) is 10.5. The fraction of sp³-hybridized carbons (Fsp3) is 0.412. The minimum Gasteiger partial charge on any atom is -0.494 e. The second kappa shape index (κ2) is 8.08. The van der Waals surface area contributed by atoms with E-state index < -0.39 is 0 Å². The molecule has 0 saturated carbocycles. The molecule has 2 aromatic rings. The number of thiophene rings is 1. The van der Waals surface area contributed by atoms with Gasteiger partial charge in [0, 0.05) is 6.04 Å². The standard InChI is InChI=1S/C17H23NOS/c1-2-3-11-19-16-7-5-15(6-8-16)17(18)9-4-14-10-12-20-13-14/h5-8,10,12-13,17H,2-4,9,11,18H2,1H3. The monoisotopic (exact) mass is 289 g/mol. The van der Waals surface area contributed by atoms with Crippen molar-refractivity contribution < 1.29 is 4.74 Å². The van der Waals surface area contributed by atoms with E-state index in [1.54, 1.807) is 11.3 Å². The lowest BCUT2D eigenvalue weighted by Crippen LogP contribution is -2.11. The van der Waals surface area contributed by atoms with Gasteiger partial charge in [-0.1, -0.05) is 25.5 Å². The predicted octanol–water partition coefficient (Wildman–Crippen LogP) is 4.56. The van der Waals surface area contributed by atoms with Crippen molar-refractivity contribution in [3.8, 4) is 5.75 Å². The van der Waals surface area contributed by atoms with Gasteiger partial charge in [-0.2, -0.15) is 11.3 Å². The van der Waals surface area contributed by atoms with Crippen LogP contribution in [0.2, 0.25) is 0 Å². The lowest BCUT2D eigenvalue weighted by atomic mass is 10.0. The summed E-state index contributed by atoms with van der Waals surface area (Å²) in [5, 5.41) is 4.31. The lowest BCUT2D eigenvalue weighted by molar-refractivity contribution is 0.309. The Kier molecular flexibility index (Phi) is 6.09. The van der Waals surface area contributed by atoms with Crippen molar-refractivity contribution in [2.45, 2.75) is 38.6 Å². The number of hydrogen-bond donors (Lipinski definition) is 1. The Balaban J connectivity index is 1.82. The highest BCUT2D eigenvalue weighted by Crippen LogP contribution is 2.21. The molecule has 0 aliphatic carbocycles. The highest BCUT2D eigenvalue weighted by atomic mass is 32.1. The van der Waals surface area contributed by atoms with Crippen molar-refractivity contribution in [1.82, 2.24) is 0 Å². The number of benzene rings is 1. The average molecular weight is 289 g/mol. The van der Waals surface area contributed by atoms with E-state index >= 15 is 0 Å². The van der Waals surface area contributed by atoms with Crippen molar-refractivity contribution in [3.05, 3.63) is 52.2 Å². The molecule has 0 amide bonds. The van der Waals surface area contributed by atoms with E-state index in [1.165, 1.54) is 11.1 Å². The smallest absolute Gasteiger partial charge is 0.119 e. The molecule has 108 valence electrons. The molecule has 0 fully saturated rings. The Morgan fingerprint density at radius 1 is 1.20 bits per heavy atom. The molecule has 0 aliphatic heterocycles. The molecule has 1 unspecified atom stereocenters. The number of rotatable bonds is 8. The Labute approximate surface area is 125 Å². The normalized spacial score (nSPS) is 12.3. The van der Waals surface area contributed by atoms with Crippen LogP contribution in [0, 0.1) is 0 Å². The molecule has 2 N–H and O–H groups in total. The number of aryl methyl sites for hydroxylation is 1. The van der Waals surface area contributed by atoms with Gasteiger partial charge < -0.3 is 10.5 Å². The van der Waals surface area contributed by atoms with Crippen LogP contribution in [-0.2, 0) is 6.42 Å². The summed E-state index contributed by atoms with van der Waals surface area (Å²) in [4.78, 5) is 0. The Morgan fingerprint density at radius 2 is 2.00 bits per heavy atom. The van der Waals surface area contributed by atoms with E-state index in [-0.39, 0.29) is 6.04 Å². The first-order chi connectivity index (χ1) is 9.79. The minimum absolute atomic E-state index is 0.0968. The summed E-state index contributed by atoms with van der Waals surface area (Å²) in [6.45, 7) is 2.96. The molecule has 1 atom stereocenters. The van der Waals surface area contributed by atoms with E-state index in [2.05, 4.69) is 35.9 Å². The quantitative estimate of drug-likeness (QED) is 0.723. The van der Waals surface area contributed by atoms with Gasteiger partial charge in [-0.15, -0.1) is 0 Å². The summed E-state index contributed by atoms with van der Waals surface area (Å²) in [7, 11) is 0. The molecule has 2 rings (SSSR count). The minimum atomic E-state index is 0.0968. The van der Waals surface area contributed by atoms with E-state index in [4.69, 9.17) is 10.5 Å². The van der Waals surface area contributed by atoms with Crippen LogP contribution in [0.15, 0.2) is 41.1 Å². The maximum absolute atomic E-state index is 6.25. The third kappa shape index (κ3) is 4.66. The molecule has 0 bridgehead atoms. The Hall–Kier alpha value is -1.32. The Morgan fingerprint density at radius 3 is 2.65 bits per heavy atom. The summed E-state index contributed by atoms with van der Waals surface area (Å²) < 4.78 is 5.66. The molecule has 1 heterocycles. The van der Waals surface area contributed by atoms with E-state index in [9.17, 15) is 0 Å². The third-order valence-electron chi connectivity index (χ3n) is 3.40. The zero-order chi connectivity index (χ0) is 14.2. The molecule has 3 heteroatoms. The first-order valence-electron chi connectivity index (χ1n) is 7.29. The molecule has 0 spiro atoms. The maximum Gasteiger partial charge on any atom is 0.119 e. The van der Waals surface area contributed by atoms with Crippen molar-refractivity contribution >= 4 is 11.3 Å². The van der Waals surface area contributed by atoms with Crippen LogP contribution in [0.1, 0.15) is 43.4 Å². The first-order valence-corrected chi connectivity index (χ1v) is 8.23. The number of hydrogen-bond acceptors (Lipinski definition) is 3. The molecular formula is C17H23NOS. The van der Waals surface area contributed by atoms with Gasteiger partial charge in [0.1, 0.15) is 5.75 Å². The summed E-state index contributed by atoms with van der Waals surface area (Å²) in [6.07, 6.45) is 4.28. The van der Waals surface area contributed by atoms with Gasteiger partial charge in [0.15, 0.2) is 0 Å². The number of unbranched alkanes of at least 4 members (excludes halogenated alkanes) is 1. The molecule has 2 nitrogen and oxygen atoms in total. The second-order valence-electron chi connectivity index (χ2n) is 5.05. The molecule has 0 radical (unpaired) electrons. The van der Waals surface area contributed by atoms with Gasteiger partial charge in [-0.3, -0.25) is 0 Å². The van der Waals surface area contributed by atoms with Gasteiger partial charge in [-0.25, -0.2) is 0 Å².